The predicted octanol–water partition coefficient (Wildman–Crippen LogP) is 2.71. The smallest absolute Gasteiger partial charge is 0.316 e. The number of quaternary nitrogens is 1. The molecular weight excluding hydrogens is 270 g/mol. The highest BCUT2D eigenvalue weighted by Crippen LogP contribution is 2.30. The molecular formula is C9H14Cl3N4+. The van der Waals surface area contributed by atoms with E-state index in [-0.39, 0.29) is 23.0 Å². The van der Waals surface area contributed by atoms with Gasteiger partial charge in [-0.25, -0.2) is 10.8 Å². The van der Waals surface area contributed by atoms with Crippen LogP contribution < -0.4 is 11.2 Å². The lowest BCUT2D eigenvalue weighted by Gasteiger charge is -2.28. The van der Waals surface area contributed by atoms with Crippen molar-refractivity contribution in [3.05, 3.63) is 28.2 Å². The van der Waals surface area contributed by atoms with Crippen molar-refractivity contribution >= 4 is 47.3 Å². The lowest BCUT2D eigenvalue weighted by molar-refractivity contribution is -0.777. The first-order chi connectivity index (χ1) is 6.84. The van der Waals surface area contributed by atoms with Crippen molar-refractivity contribution in [2.45, 2.75) is 0 Å². The second kappa shape index (κ2) is 5.59. The lowest BCUT2D eigenvalue weighted by atomic mass is 10.3. The quantitative estimate of drug-likeness (QED) is 0.338. The Morgan fingerprint density at radius 1 is 1.31 bits per heavy atom. The normalized spacial score (nSPS) is 10.5. The van der Waals surface area contributed by atoms with Crippen molar-refractivity contribution < 1.29 is 4.59 Å². The van der Waals surface area contributed by atoms with Gasteiger partial charge in [0.25, 0.3) is 0 Å². The molecule has 0 amide bonds. The third kappa shape index (κ3) is 3.42. The van der Waals surface area contributed by atoms with Gasteiger partial charge in [-0.15, -0.1) is 12.4 Å². The number of rotatable bonds is 2. The van der Waals surface area contributed by atoms with Crippen LogP contribution in [0.15, 0.2) is 18.2 Å². The molecule has 0 bridgehead atoms. The molecule has 0 aliphatic rings. The van der Waals surface area contributed by atoms with Gasteiger partial charge in [0.1, 0.15) is 5.69 Å². The summed E-state index contributed by atoms with van der Waals surface area (Å²) in [7, 11) is 3.45. The third-order valence-electron chi connectivity index (χ3n) is 1.96. The molecule has 0 saturated carbocycles. The van der Waals surface area contributed by atoms with Crippen molar-refractivity contribution in [3.8, 4) is 0 Å². The van der Waals surface area contributed by atoms with Crippen molar-refractivity contribution in [2.75, 3.05) is 19.5 Å². The molecule has 0 aliphatic carbocycles. The number of hydrogen-bond acceptors (Lipinski definition) is 2. The maximum absolute atomic E-state index is 7.39. The Bertz CT molecular complexity index is 372. The fourth-order valence-corrected chi connectivity index (χ4v) is 1.43. The predicted molar refractivity (Wildman–Crippen MR) is 71.4 cm³/mol. The summed E-state index contributed by atoms with van der Waals surface area (Å²) in [5.74, 6) is -0.0361. The van der Waals surface area contributed by atoms with Crippen molar-refractivity contribution in [2.24, 2.45) is 5.73 Å². The zero-order valence-electron chi connectivity index (χ0n) is 8.92. The fraction of sp³-hybridized carbons (Fsp3) is 0.222. The highest BCUT2D eigenvalue weighted by molar-refractivity contribution is 6.39. The van der Waals surface area contributed by atoms with Crippen LogP contribution in [-0.4, -0.2) is 24.6 Å². The van der Waals surface area contributed by atoms with Crippen molar-refractivity contribution in [1.29, 1.82) is 5.41 Å². The molecule has 1 aromatic carbocycles. The monoisotopic (exact) mass is 283 g/mol. The zero-order valence-corrected chi connectivity index (χ0v) is 11.2. The van der Waals surface area contributed by atoms with Crippen LogP contribution in [0.25, 0.3) is 0 Å². The Morgan fingerprint density at radius 2 is 1.75 bits per heavy atom. The average Bonchev–Trinajstić information content (AvgIpc) is 2.11. The standard InChI is InChI=1S/C9H13Cl2N4.ClH/c1-15(2,9(12)13)14-8-6(10)4-3-5-7(8)11;/h3-5,14H,1-2H3,(H3,12,13);1H/q+1;. The third-order valence-corrected chi connectivity index (χ3v) is 2.59. The van der Waals surface area contributed by atoms with E-state index in [0.717, 1.165) is 0 Å². The average molecular weight is 285 g/mol. The van der Waals surface area contributed by atoms with Crippen molar-refractivity contribution in [3.63, 3.8) is 0 Å². The molecule has 0 aliphatic heterocycles. The molecule has 1 aromatic rings. The van der Waals surface area contributed by atoms with E-state index in [1.54, 1.807) is 32.3 Å². The summed E-state index contributed by atoms with van der Waals surface area (Å²) in [5.41, 5.74) is 8.97. The van der Waals surface area contributed by atoms with Crippen LogP contribution in [0.4, 0.5) is 5.69 Å². The minimum atomic E-state index is -0.0361. The van der Waals surface area contributed by atoms with Gasteiger partial charge in [-0.05, 0) is 12.1 Å². The number of para-hydroxylation sites is 1. The van der Waals surface area contributed by atoms with E-state index in [1.165, 1.54) is 0 Å². The minimum Gasteiger partial charge on any atom is -0.336 e. The summed E-state index contributed by atoms with van der Waals surface area (Å²) in [6.45, 7) is 0. The van der Waals surface area contributed by atoms with Gasteiger partial charge in [0.15, 0.2) is 0 Å². The van der Waals surface area contributed by atoms with Gasteiger partial charge in [0.05, 0.1) is 24.1 Å². The number of guanidine groups is 1. The van der Waals surface area contributed by atoms with Gasteiger partial charge in [0, 0.05) is 0 Å². The highest BCUT2D eigenvalue weighted by Gasteiger charge is 2.22. The number of nitrogens with zero attached hydrogens (tertiary/aromatic N) is 1. The van der Waals surface area contributed by atoms with Gasteiger partial charge >= 0.3 is 5.96 Å². The van der Waals surface area contributed by atoms with Crippen LogP contribution in [-0.2, 0) is 0 Å². The van der Waals surface area contributed by atoms with Crippen LogP contribution in [0, 0.1) is 5.41 Å². The number of anilines is 1. The molecule has 0 saturated heterocycles. The van der Waals surface area contributed by atoms with Gasteiger partial charge in [-0.3, -0.25) is 0 Å². The van der Waals surface area contributed by atoms with Gasteiger partial charge in [-0.2, -0.15) is 4.59 Å². The Labute approximate surface area is 111 Å². The summed E-state index contributed by atoms with van der Waals surface area (Å²) >= 11 is 11.9. The second-order valence-electron chi connectivity index (χ2n) is 3.55. The molecule has 0 fully saturated rings. The molecule has 0 spiro atoms. The Balaban J connectivity index is 0.00000225. The molecule has 0 heterocycles. The van der Waals surface area contributed by atoms with E-state index < -0.39 is 0 Å². The zero-order chi connectivity index (χ0) is 11.6. The van der Waals surface area contributed by atoms with Gasteiger partial charge in [-0.1, -0.05) is 29.3 Å². The molecule has 0 unspecified atom stereocenters. The van der Waals surface area contributed by atoms with Crippen LogP contribution >= 0.6 is 35.6 Å². The first-order valence-electron chi connectivity index (χ1n) is 4.25. The summed E-state index contributed by atoms with van der Waals surface area (Å²) < 4.78 is -0.0105. The van der Waals surface area contributed by atoms with Crippen LogP contribution in [0.5, 0.6) is 0 Å². The number of halogens is 3. The van der Waals surface area contributed by atoms with E-state index in [1.807, 2.05) is 0 Å². The van der Waals surface area contributed by atoms with E-state index in [9.17, 15) is 0 Å². The van der Waals surface area contributed by atoms with Crippen molar-refractivity contribution in [1.82, 2.24) is 0 Å². The van der Waals surface area contributed by atoms with E-state index >= 15 is 0 Å². The Morgan fingerprint density at radius 3 is 2.12 bits per heavy atom. The largest absolute Gasteiger partial charge is 0.336 e. The fourth-order valence-electron chi connectivity index (χ4n) is 0.944. The molecule has 1 rings (SSSR count). The van der Waals surface area contributed by atoms with Crippen LogP contribution in [0.2, 0.25) is 10.0 Å². The topological polar surface area (TPSA) is 61.9 Å². The van der Waals surface area contributed by atoms with Gasteiger partial charge < -0.3 is 5.73 Å². The molecule has 16 heavy (non-hydrogen) atoms. The van der Waals surface area contributed by atoms with Gasteiger partial charge in [0.2, 0.25) is 0 Å². The summed E-state index contributed by atoms with van der Waals surface area (Å²) in [6.07, 6.45) is 0. The molecule has 7 heteroatoms. The van der Waals surface area contributed by atoms with E-state index in [0.29, 0.717) is 15.7 Å². The molecule has 4 nitrogen and oxygen atoms in total. The number of nitrogens with one attached hydrogen (secondary N) is 2. The summed E-state index contributed by atoms with van der Waals surface area (Å²) in [6, 6.07) is 5.19. The minimum absolute atomic E-state index is 0. The first kappa shape index (κ1) is 15.3. The van der Waals surface area contributed by atoms with E-state index in [4.69, 9.17) is 34.3 Å². The highest BCUT2D eigenvalue weighted by atomic mass is 35.5. The lowest BCUT2D eigenvalue weighted by Crippen LogP contribution is -2.53. The molecule has 0 atom stereocenters. The number of hydrogen-bond donors (Lipinski definition) is 3. The molecule has 90 valence electrons. The molecule has 4 N–H and O–H groups in total. The van der Waals surface area contributed by atoms with Crippen LogP contribution in [0.3, 0.4) is 0 Å². The molecule has 0 radical (unpaired) electrons. The number of benzene rings is 1. The first-order valence-corrected chi connectivity index (χ1v) is 5.01. The maximum Gasteiger partial charge on any atom is 0.316 e. The van der Waals surface area contributed by atoms with Crippen LogP contribution in [0.1, 0.15) is 0 Å². The maximum atomic E-state index is 7.39. The second-order valence-corrected chi connectivity index (χ2v) is 4.36. The SMILES string of the molecule is C[N+](C)(Nc1c(Cl)cccc1Cl)C(=N)N.Cl. The molecule has 0 aromatic heterocycles. The van der Waals surface area contributed by atoms with E-state index in [2.05, 4.69) is 5.43 Å². The summed E-state index contributed by atoms with van der Waals surface area (Å²) in [4.78, 5) is 0. The Hall–Kier alpha value is -0.680. The number of nitrogens with two attached hydrogens (primary N) is 1. The summed E-state index contributed by atoms with van der Waals surface area (Å²) in [5, 5.41) is 8.38. The Kier molecular flexibility index (Phi) is 5.35.